The average Bonchev–Trinajstić information content (AvgIpc) is 2.41. The predicted molar refractivity (Wildman–Crippen MR) is 68.8 cm³/mol. The summed E-state index contributed by atoms with van der Waals surface area (Å²) in [5, 5.41) is 11.8. The monoisotopic (exact) mass is 273 g/mol. The molecule has 0 aromatic carbocycles. The number of carbonyl (C=O) groups excluding carboxylic acids is 1. The zero-order chi connectivity index (χ0) is 14.1. The first-order valence-corrected chi connectivity index (χ1v) is 6.74. The van der Waals surface area contributed by atoms with E-state index in [4.69, 9.17) is 9.47 Å². The van der Waals surface area contributed by atoms with Crippen LogP contribution in [0.25, 0.3) is 0 Å². The van der Waals surface area contributed by atoms with E-state index in [1.807, 2.05) is 0 Å². The van der Waals surface area contributed by atoms with Crippen LogP contribution in [0.4, 0.5) is 0 Å². The Morgan fingerprint density at radius 1 is 1.26 bits per heavy atom. The van der Waals surface area contributed by atoms with Gasteiger partial charge in [0, 0.05) is 7.11 Å². The Labute approximate surface area is 113 Å². The second kappa shape index (κ2) is 8.87. The fourth-order valence-corrected chi connectivity index (χ4v) is 2.37. The Balaban J connectivity index is 2.35. The Bertz CT molecular complexity index is 289. The van der Waals surface area contributed by atoms with Crippen molar-refractivity contribution in [2.75, 3.05) is 26.9 Å². The molecule has 0 spiro atoms. The Hall–Kier alpha value is -1.14. The van der Waals surface area contributed by atoms with Gasteiger partial charge < -0.3 is 19.9 Å². The number of ether oxygens (including phenoxy) is 2. The highest BCUT2D eigenvalue weighted by Crippen LogP contribution is 2.26. The van der Waals surface area contributed by atoms with Crippen molar-refractivity contribution in [3.63, 3.8) is 0 Å². The van der Waals surface area contributed by atoms with Crippen molar-refractivity contribution in [2.24, 2.45) is 5.92 Å². The number of amides is 1. The van der Waals surface area contributed by atoms with Gasteiger partial charge in [0.2, 0.25) is 5.91 Å². The van der Waals surface area contributed by atoms with Crippen LogP contribution in [0.2, 0.25) is 0 Å². The minimum Gasteiger partial charge on any atom is -0.480 e. The van der Waals surface area contributed by atoms with Gasteiger partial charge in [-0.25, -0.2) is 4.79 Å². The third kappa shape index (κ3) is 6.02. The highest BCUT2D eigenvalue weighted by molar-refractivity contribution is 5.84. The van der Waals surface area contributed by atoms with Gasteiger partial charge in [-0.05, 0) is 18.8 Å². The normalized spacial score (nSPS) is 17.9. The van der Waals surface area contributed by atoms with Gasteiger partial charge in [0.05, 0.1) is 13.2 Å². The molecule has 0 heterocycles. The topological polar surface area (TPSA) is 84.9 Å². The van der Waals surface area contributed by atoms with Crippen LogP contribution in [0.5, 0.6) is 0 Å². The lowest BCUT2D eigenvalue weighted by atomic mass is 9.84. The number of methoxy groups -OCH3 is 1. The molecule has 0 bridgehead atoms. The van der Waals surface area contributed by atoms with Crippen LogP contribution < -0.4 is 5.32 Å². The number of carboxylic acids is 1. The third-order valence-electron chi connectivity index (χ3n) is 3.37. The summed E-state index contributed by atoms with van der Waals surface area (Å²) in [5.41, 5.74) is 0. The molecule has 6 nitrogen and oxygen atoms in total. The molecule has 1 fully saturated rings. The molecular weight excluding hydrogens is 250 g/mol. The molecule has 6 heteroatoms. The van der Waals surface area contributed by atoms with Crippen molar-refractivity contribution < 1.29 is 24.2 Å². The molecule has 0 aromatic rings. The van der Waals surface area contributed by atoms with Gasteiger partial charge in [0.1, 0.15) is 12.6 Å². The maximum absolute atomic E-state index is 11.6. The van der Waals surface area contributed by atoms with E-state index < -0.39 is 12.0 Å². The zero-order valence-corrected chi connectivity index (χ0v) is 11.4. The Morgan fingerprint density at radius 2 is 1.95 bits per heavy atom. The summed E-state index contributed by atoms with van der Waals surface area (Å²) in [6.45, 7) is 0.614. The van der Waals surface area contributed by atoms with Crippen molar-refractivity contribution in [1.82, 2.24) is 5.32 Å². The van der Waals surface area contributed by atoms with Crippen LogP contribution in [0, 0.1) is 5.92 Å². The molecule has 1 atom stereocenters. The molecule has 110 valence electrons. The summed E-state index contributed by atoms with van der Waals surface area (Å²) >= 11 is 0. The van der Waals surface area contributed by atoms with E-state index in [1.54, 1.807) is 7.11 Å². The number of aliphatic carboxylic acids is 1. The second-order valence-corrected chi connectivity index (χ2v) is 4.83. The highest BCUT2D eigenvalue weighted by atomic mass is 16.5. The molecule has 1 amide bonds. The van der Waals surface area contributed by atoms with Crippen LogP contribution in [0.15, 0.2) is 0 Å². The fourth-order valence-electron chi connectivity index (χ4n) is 2.37. The van der Waals surface area contributed by atoms with E-state index >= 15 is 0 Å². The van der Waals surface area contributed by atoms with Gasteiger partial charge in [-0.1, -0.05) is 19.3 Å². The number of carbonyl (C=O) groups is 2. The smallest absolute Gasteiger partial charge is 0.326 e. The third-order valence-corrected chi connectivity index (χ3v) is 3.37. The van der Waals surface area contributed by atoms with Crippen molar-refractivity contribution in [2.45, 2.75) is 38.1 Å². The summed E-state index contributed by atoms with van der Waals surface area (Å²) in [5.74, 6) is -1.31. The number of hydrogen-bond acceptors (Lipinski definition) is 4. The summed E-state index contributed by atoms with van der Waals surface area (Å²) in [6.07, 6.45) is 4.95. The first-order valence-electron chi connectivity index (χ1n) is 6.74. The van der Waals surface area contributed by atoms with E-state index in [0.29, 0.717) is 13.2 Å². The van der Waals surface area contributed by atoms with Gasteiger partial charge in [-0.2, -0.15) is 0 Å². The zero-order valence-electron chi connectivity index (χ0n) is 11.4. The Kier molecular flexibility index (Phi) is 7.43. The van der Waals surface area contributed by atoms with Crippen LogP contribution >= 0.6 is 0 Å². The lowest BCUT2D eigenvalue weighted by Gasteiger charge is -2.27. The molecule has 19 heavy (non-hydrogen) atoms. The fraction of sp³-hybridized carbons (Fsp3) is 0.846. The minimum atomic E-state index is -0.961. The van der Waals surface area contributed by atoms with Crippen molar-refractivity contribution in [3.05, 3.63) is 0 Å². The van der Waals surface area contributed by atoms with Crippen LogP contribution in [-0.2, 0) is 19.1 Å². The molecule has 0 saturated heterocycles. The summed E-state index contributed by atoms with van der Waals surface area (Å²) in [6, 6.07) is -0.793. The number of carboxylic acid groups (broad SMARTS) is 1. The molecule has 1 aliphatic rings. The summed E-state index contributed by atoms with van der Waals surface area (Å²) in [4.78, 5) is 22.9. The minimum absolute atomic E-state index is 0.0363. The van der Waals surface area contributed by atoms with Crippen molar-refractivity contribution in [3.8, 4) is 0 Å². The molecule has 0 radical (unpaired) electrons. The van der Waals surface area contributed by atoms with Gasteiger partial charge >= 0.3 is 5.97 Å². The molecular formula is C13H23NO5. The van der Waals surface area contributed by atoms with Gasteiger partial charge in [0.15, 0.2) is 0 Å². The first kappa shape index (κ1) is 15.9. The number of nitrogens with one attached hydrogen (secondary N) is 1. The largest absolute Gasteiger partial charge is 0.480 e. The maximum Gasteiger partial charge on any atom is 0.326 e. The summed E-state index contributed by atoms with van der Waals surface area (Å²) < 4.78 is 9.86. The molecule has 1 rings (SSSR count). The molecule has 0 aliphatic heterocycles. The first-order chi connectivity index (χ1) is 9.15. The second-order valence-electron chi connectivity index (χ2n) is 4.83. The van der Waals surface area contributed by atoms with E-state index in [2.05, 4.69) is 5.32 Å². The lowest BCUT2D eigenvalue weighted by molar-refractivity contribution is -0.144. The molecule has 1 aliphatic carbocycles. The van der Waals surface area contributed by atoms with E-state index in [9.17, 15) is 14.7 Å². The lowest BCUT2D eigenvalue weighted by Crippen LogP contribution is -2.47. The SMILES string of the molecule is COCCOCC(=O)NC(C(=O)O)C1CCCCC1. The standard InChI is InChI=1S/C13H23NO5/c1-18-7-8-19-9-11(15)14-12(13(16)17)10-5-3-2-4-6-10/h10,12H,2-9H2,1H3,(H,14,15)(H,16,17). The predicted octanol–water partition coefficient (Wildman–Crippen LogP) is 0.799. The van der Waals surface area contributed by atoms with Gasteiger partial charge in [0.25, 0.3) is 0 Å². The van der Waals surface area contributed by atoms with E-state index in [-0.39, 0.29) is 18.4 Å². The van der Waals surface area contributed by atoms with E-state index in [1.165, 1.54) is 0 Å². The van der Waals surface area contributed by atoms with Crippen molar-refractivity contribution >= 4 is 11.9 Å². The van der Waals surface area contributed by atoms with Gasteiger partial charge in [-0.3, -0.25) is 4.79 Å². The molecule has 0 aromatic heterocycles. The molecule has 2 N–H and O–H groups in total. The highest BCUT2D eigenvalue weighted by Gasteiger charge is 2.30. The number of rotatable bonds is 8. The van der Waals surface area contributed by atoms with Crippen LogP contribution in [0.1, 0.15) is 32.1 Å². The quantitative estimate of drug-likeness (QED) is 0.639. The van der Waals surface area contributed by atoms with Crippen molar-refractivity contribution in [1.29, 1.82) is 0 Å². The molecule has 1 unspecified atom stereocenters. The summed E-state index contributed by atoms with van der Waals surface area (Å²) in [7, 11) is 1.55. The van der Waals surface area contributed by atoms with Crippen LogP contribution in [0.3, 0.4) is 0 Å². The maximum atomic E-state index is 11.6. The molecule has 1 saturated carbocycles. The number of hydrogen-bond donors (Lipinski definition) is 2. The average molecular weight is 273 g/mol. The Morgan fingerprint density at radius 3 is 2.53 bits per heavy atom. The van der Waals surface area contributed by atoms with Gasteiger partial charge in [-0.15, -0.1) is 0 Å². The van der Waals surface area contributed by atoms with E-state index in [0.717, 1.165) is 32.1 Å². The van der Waals surface area contributed by atoms with Crippen LogP contribution in [-0.4, -0.2) is 50.0 Å².